The predicted molar refractivity (Wildman–Crippen MR) is 119 cm³/mol. The number of carbonyl (C=O) groups is 2. The third-order valence-electron chi connectivity index (χ3n) is 5.27. The van der Waals surface area contributed by atoms with Crippen LogP contribution in [-0.2, 0) is 22.6 Å². The molecule has 0 unspecified atom stereocenters. The Balaban J connectivity index is 1.77. The summed E-state index contributed by atoms with van der Waals surface area (Å²) in [5, 5.41) is 3.50. The number of carbonyl (C=O) groups excluding carboxylic acids is 2. The normalized spacial score (nSPS) is 12.0. The first-order chi connectivity index (χ1) is 14.8. The van der Waals surface area contributed by atoms with Gasteiger partial charge in [-0.1, -0.05) is 51.1 Å². The molecule has 31 heavy (non-hydrogen) atoms. The molecule has 2 aromatic carbocycles. The molecule has 0 bridgehead atoms. The quantitative estimate of drug-likeness (QED) is 0.457. The summed E-state index contributed by atoms with van der Waals surface area (Å²) in [5.41, 5.74) is 2.91. The van der Waals surface area contributed by atoms with Crippen molar-refractivity contribution in [1.29, 1.82) is 0 Å². The largest absolute Gasteiger partial charge is 0.459 e. The molecule has 1 heterocycles. The van der Waals surface area contributed by atoms with Crippen molar-refractivity contribution >= 4 is 22.8 Å². The van der Waals surface area contributed by atoms with Gasteiger partial charge in [-0.2, -0.15) is 0 Å². The summed E-state index contributed by atoms with van der Waals surface area (Å²) < 4.78 is 10.8. The monoisotopic (exact) mass is 421 g/mol. The Labute approximate surface area is 181 Å². The van der Waals surface area contributed by atoms with Crippen molar-refractivity contribution in [1.82, 2.24) is 5.32 Å². The summed E-state index contributed by atoms with van der Waals surface area (Å²) in [7, 11) is 0. The molecule has 6 nitrogen and oxygen atoms in total. The highest BCUT2D eigenvalue weighted by molar-refractivity contribution is 5.98. The van der Waals surface area contributed by atoms with Gasteiger partial charge in [-0.3, -0.25) is 4.79 Å². The number of ether oxygens (including phenoxy) is 1. The van der Waals surface area contributed by atoms with Crippen molar-refractivity contribution < 1.29 is 18.7 Å². The maximum absolute atomic E-state index is 12.8. The van der Waals surface area contributed by atoms with Crippen LogP contribution >= 0.6 is 0 Å². The Morgan fingerprint density at radius 3 is 2.52 bits per heavy atom. The molecule has 162 valence electrons. The first-order valence-corrected chi connectivity index (χ1v) is 10.4. The number of rotatable bonds is 7. The van der Waals surface area contributed by atoms with E-state index in [4.69, 9.17) is 9.15 Å². The molecule has 6 heteroatoms. The Morgan fingerprint density at radius 2 is 1.84 bits per heavy atom. The highest BCUT2D eigenvalue weighted by Gasteiger charge is 2.27. The molecular weight excluding hydrogens is 394 g/mol. The van der Waals surface area contributed by atoms with E-state index in [9.17, 15) is 14.4 Å². The highest BCUT2D eigenvalue weighted by atomic mass is 16.5. The molecule has 0 saturated carbocycles. The number of aryl methyl sites for hydroxylation is 2. The minimum absolute atomic E-state index is 0.0874. The van der Waals surface area contributed by atoms with Crippen LogP contribution in [0.2, 0.25) is 0 Å². The van der Waals surface area contributed by atoms with Gasteiger partial charge >= 0.3 is 11.6 Å². The maximum Gasteiger partial charge on any atom is 0.336 e. The van der Waals surface area contributed by atoms with E-state index in [1.807, 2.05) is 58.0 Å². The molecule has 1 atom stereocenters. The minimum atomic E-state index is -0.815. The SMILES string of the molecule is CCc1ccc2c(COC(=O)[C@@H](NC(=O)c3ccccc3C)C(C)C)cc(=O)oc2c1. The first-order valence-electron chi connectivity index (χ1n) is 10.4. The lowest BCUT2D eigenvalue weighted by Gasteiger charge is -2.21. The van der Waals surface area contributed by atoms with E-state index in [1.54, 1.807) is 12.1 Å². The van der Waals surface area contributed by atoms with E-state index < -0.39 is 17.6 Å². The molecular formula is C25H27NO5. The van der Waals surface area contributed by atoms with Crippen LogP contribution in [0.15, 0.2) is 57.7 Å². The summed E-state index contributed by atoms with van der Waals surface area (Å²) >= 11 is 0. The van der Waals surface area contributed by atoms with Crippen LogP contribution in [0, 0.1) is 12.8 Å². The standard InChI is InChI=1S/C25H27NO5/c1-5-17-10-11-20-18(13-22(27)31-21(20)12-17)14-30-25(29)23(15(2)3)26-24(28)19-9-7-6-8-16(19)4/h6-13,15,23H,5,14H2,1-4H3,(H,26,28)/t23-/m0/s1. The third-order valence-corrected chi connectivity index (χ3v) is 5.27. The Morgan fingerprint density at radius 1 is 1.10 bits per heavy atom. The minimum Gasteiger partial charge on any atom is -0.459 e. The van der Waals surface area contributed by atoms with Crippen molar-refractivity contribution in [3.8, 4) is 0 Å². The third kappa shape index (κ3) is 5.20. The van der Waals surface area contributed by atoms with Crippen LogP contribution in [0.25, 0.3) is 11.0 Å². The lowest BCUT2D eigenvalue weighted by atomic mass is 10.0. The fourth-order valence-corrected chi connectivity index (χ4v) is 3.40. The Kier molecular flexibility index (Phi) is 6.90. The molecule has 0 spiro atoms. The van der Waals surface area contributed by atoms with E-state index in [2.05, 4.69) is 5.32 Å². The number of fused-ring (bicyclic) bond motifs is 1. The van der Waals surface area contributed by atoms with Crippen LogP contribution in [0.4, 0.5) is 0 Å². The topological polar surface area (TPSA) is 85.6 Å². The van der Waals surface area contributed by atoms with Crippen LogP contribution in [0.1, 0.15) is 47.8 Å². The Bertz CT molecular complexity index is 1160. The zero-order valence-electron chi connectivity index (χ0n) is 18.2. The zero-order chi connectivity index (χ0) is 22.5. The summed E-state index contributed by atoms with van der Waals surface area (Å²) in [5.74, 6) is -1.06. The molecule has 0 radical (unpaired) electrons. The number of hydrogen-bond acceptors (Lipinski definition) is 5. The van der Waals surface area contributed by atoms with Crippen molar-refractivity contribution in [3.05, 3.63) is 81.2 Å². The second-order valence-electron chi connectivity index (χ2n) is 7.89. The lowest BCUT2D eigenvalue weighted by molar-refractivity contribution is -0.148. The smallest absolute Gasteiger partial charge is 0.336 e. The van der Waals surface area contributed by atoms with Crippen molar-refractivity contribution in [2.45, 2.75) is 46.8 Å². The summed E-state index contributed by atoms with van der Waals surface area (Å²) in [6.45, 7) is 7.44. The van der Waals surface area contributed by atoms with Gasteiger partial charge in [0, 0.05) is 22.6 Å². The average molecular weight is 421 g/mol. The van der Waals surface area contributed by atoms with Crippen LogP contribution < -0.4 is 10.9 Å². The number of nitrogens with one attached hydrogen (secondary N) is 1. The number of amides is 1. The fourth-order valence-electron chi connectivity index (χ4n) is 3.40. The van der Waals surface area contributed by atoms with Gasteiger partial charge in [-0.15, -0.1) is 0 Å². The highest BCUT2D eigenvalue weighted by Crippen LogP contribution is 2.20. The van der Waals surface area contributed by atoms with Gasteiger partial charge in [0.05, 0.1) is 0 Å². The van der Waals surface area contributed by atoms with Crippen LogP contribution in [0.5, 0.6) is 0 Å². The predicted octanol–water partition coefficient (Wildman–Crippen LogP) is 4.16. The van der Waals surface area contributed by atoms with Gasteiger partial charge in [0.2, 0.25) is 0 Å². The second-order valence-corrected chi connectivity index (χ2v) is 7.89. The van der Waals surface area contributed by atoms with Crippen molar-refractivity contribution in [3.63, 3.8) is 0 Å². The summed E-state index contributed by atoms with van der Waals surface area (Å²) in [4.78, 5) is 37.4. The lowest BCUT2D eigenvalue weighted by Crippen LogP contribution is -2.45. The van der Waals surface area contributed by atoms with Gasteiger partial charge in [0.15, 0.2) is 0 Å². The molecule has 1 amide bonds. The number of hydrogen-bond donors (Lipinski definition) is 1. The summed E-state index contributed by atoms with van der Waals surface area (Å²) in [6, 6.07) is 13.3. The molecule has 1 aromatic heterocycles. The van der Waals surface area contributed by atoms with Gasteiger partial charge < -0.3 is 14.5 Å². The van der Waals surface area contributed by atoms with E-state index in [0.29, 0.717) is 16.7 Å². The first kappa shape index (κ1) is 22.3. The van der Waals surface area contributed by atoms with Gasteiger partial charge in [0.25, 0.3) is 5.91 Å². The van der Waals surface area contributed by atoms with Gasteiger partial charge in [0.1, 0.15) is 18.2 Å². The molecule has 3 rings (SSSR count). The second kappa shape index (κ2) is 9.60. The zero-order valence-corrected chi connectivity index (χ0v) is 18.2. The average Bonchev–Trinajstić information content (AvgIpc) is 2.74. The van der Waals surface area contributed by atoms with Gasteiger partial charge in [-0.05, 0) is 42.5 Å². The summed E-state index contributed by atoms with van der Waals surface area (Å²) in [6.07, 6.45) is 0.815. The molecule has 0 aliphatic rings. The van der Waals surface area contributed by atoms with E-state index in [1.165, 1.54) is 6.07 Å². The maximum atomic E-state index is 12.8. The molecule has 0 aliphatic carbocycles. The fraction of sp³-hybridized carbons (Fsp3) is 0.320. The van der Waals surface area contributed by atoms with Crippen molar-refractivity contribution in [2.24, 2.45) is 5.92 Å². The van der Waals surface area contributed by atoms with Crippen molar-refractivity contribution in [2.75, 3.05) is 0 Å². The molecule has 1 N–H and O–H groups in total. The van der Waals surface area contributed by atoms with Crippen LogP contribution in [0.3, 0.4) is 0 Å². The van der Waals surface area contributed by atoms with E-state index >= 15 is 0 Å². The van der Waals surface area contributed by atoms with Crippen LogP contribution in [-0.4, -0.2) is 17.9 Å². The van der Waals surface area contributed by atoms with E-state index in [0.717, 1.165) is 22.9 Å². The number of esters is 1. The molecule has 3 aromatic rings. The molecule has 0 aliphatic heterocycles. The Hall–Kier alpha value is -3.41. The van der Waals surface area contributed by atoms with E-state index in [-0.39, 0.29) is 18.4 Å². The van der Waals surface area contributed by atoms with Gasteiger partial charge in [-0.25, -0.2) is 9.59 Å². The molecule has 0 saturated heterocycles. The molecule has 0 fully saturated rings. The number of benzene rings is 2.